The lowest BCUT2D eigenvalue weighted by Gasteiger charge is -2.30. The zero-order chi connectivity index (χ0) is 19.6. The van der Waals surface area contributed by atoms with Gasteiger partial charge in [-0.1, -0.05) is 18.5 Å². The maximum Gasteiger partial charge on any atom is 0.274 e. The molecule has 0 saturated carbocycles. The fraction of sp³-hybridized carbons (Fsp3) is 0.316. The van der Waals surface area contributed by atoms with E-state index < -0.39 is 17.3 Å². The first kappa shape index (κ1) is 19.3. The molecule has 0 spiro atoms. The summed E-state index contributed by atoms with van der Waals surface area (Å²) in [6, 6.07) is 6.02. The number of nitrogens with zero attached hydrogens (tertiary/aromatic N) is 2. The summed E-state index contributed by atoms with van der Waals surface area (Å²) in [4.78, 5) is 21.1. The summed E-state index contributed by atoms with van der Waals surface area (Å²) in [5, 5.41) is 3.22. The predicted molar refractivity (Wildman–Crippen MR) is 103 cm³/mol. The Kier molecular flexibility index (Phi) is 5.43. The van der Waals surface area contributed by atoms with E-state index in [2.05, 4.69) is 15.3 Å². The van der Waals surface area contributed by atoms with Crippen LogP contribution in [0.4, 0.5) is 10.1 Å². The molecule has 0 saturated heterocycles. The molecular formula is C19H20ClFN4O2. The van der Waals surface area contributed by atoms with Gasteiger partial charge in [0.15, 0.2) is 0 Å². The largest absolute Gasteiger partial charge is 0.386 e. The molecule has 2 aromatic rings. The van der Waals surface area contributed by atoms with Gasteiger partial charge in [0.1, 0.15) is 29.5 Å². The van der Waals surface area contributed by atoms with E-state index in [1.165, 1.54) is 18.3 Å². The van der Waals surface area contributed by atoms with Crippen molar-refractivity contribution in [1.82, 2.24) is 4.98 Å². The fourth-order valence-corrected chi connectivity index (χ4v) is 3.22. The van der Waals surface area contributed by atoms with Crippen LogP contribution in [0.5, 0.6) is 0 Å². The number of amidine groups is 1. The van der Waals surface area contributed by atoms with E-state index >= 15 is 0 Å². The molecule has 1 aliphatic rings. The summed E-state index contributed by atoms with van der Waals surface area (Å²) in [5.41, 5.74) is 6.52. The highest BCUT2D eigenvalue weighted by atomic mass is 35.5. The van der Waals surface area contributed by atoms with E-state index in [-0.39, 0.29) is 18.9 Å². The molecule has 0 radical (unpaired) electrons. The van der Waals surface area contributed by atoms with Crippen LogP contribution in [0, 0.1) is 5.82 Å². The molecule has 1 amide bonds. The minimum atomic E-state index is -0.958. The molecule has 0 unspecified atom stereocenters. The van der Waals surface area contributed by atoms with Gasteiger partial charge >= 0.3 is 0 Å². The minimum Gasteiger partial charge on any atom is -0.386 e. The molecule has 1 aliphatic heterocycles. The lowest BCUT2D eigenvalue weighted by molar-refractivity contribution is 0.102. The third kappa shape index (κ3) is 4.09. The van der Waals surface area contributed by atoms with E-state index in [9.17, 15) is 9.18 Å². The van der Waals surface area contributed by atoms with E-state index in [0.717, 1.165) is 5.56 Å². The number of nitrogens with two attached hydrogens (primary N) is 1. The Morgan fingerprint density at radius 3 is 2.93 bits per heavy atom. The number of carbonyl (C=O) groups is 1. The first-order chi connectivity index (χ1) is 12.8. The summed E-state index contributed by atoms with van der Waals surface area (Å²) < 4.78 is 19.9. The normalized spacial score (nSPS) is 19.5. The van der Waals surface area contributed by atoms with Gasteiger partial charge < -0.3 is 15.8 Å². The molecule has 6 nitrogen and oxygen atoms in total. The van der Waals surface area contributed by atoms with Gasteiger partial charge in [-0.05, 0) is 43.2 Å². The Balaban J connectivity index is 1.91. The van der Waals surface area contributed by atoms with E-state index in [4.69, 9.17) is 22.1 Å². The molecule has 3 rings (SSSR count). The summed E-state index contributed by atoms with van der Waals surface area (Å²) >= 11 is 5.94. The average Bonchev–Trinajstić information content (AvgIpc) is 2.62. The van der Waals surface area contributed by atoms with Crippen molar-refractivity contribution in [3.05, 3.63) is 58.1 Å². The van der Waals surface area contributed by atoms with Gasteiger partial charge in [0.25, 0.3) is 5.91 Å². The second-order valence-electron chi connectivity index (χ2n) is 6.53. The van der Waals surface area contributed by atoms with Crippen LogP contribution >= 0.6 is 11.6 Å². The molecule has 1 atom stereocenters. The number of aliphatic imine (C=N–C) groups is 1. The molecule has 8 heteroatoms. The van der Waals surface area contributed by atoms with Crippen LogP contribution in [-0.4, -0.2) is 29.9 Å². The molecule has 142 valence electrons. The van der Waals surface area contributed by atoms with E-state index in [0.29, 0.717) is 28.5 Å². The van der Waals surface area contributed by atoms with Crippen LogP contribution < -0.4 is 11.1 Å². The van der Waals surface area contributed by atoms with Gasteiger partial charge in [-0.2, -0.15) is 0 Å². The molecule has 27 heavy (non-hydrogen) atoms. The number of benzene rings is 1. The van der Waals surface area contributed by atoms with Crippen molar-refractivity contribution < 1.29 is 13.9 Å². The number of ether oxygens (including phenoxy) is 1. The molecule has 0 bridgehead atoms. The number of hydrogen-bond donors (Lipinski definition) is 2. The van der Waals surface area contributed by atoms with Crippen molar-refractivity contribution in [1.29, 1.82) is 0 Å². The third-order valence-corrected chi connectivity index (χ3v) is 4.56. The summed E-state index contributed by atoms with van der Waals surface area (Å²) in [5.74, 6) is -0.541. The summed E-state index contributed by atoms with van der Waals surface area (Å²) in [6.07, 6.45) is 2.03. The van der Waals surface area contributed by atoms with Gasteiger partial charge in [-0.25, -0.2) is 9.37 Å². The average molecular weight is 391 g/mol. The summed E-state index contributed by atoms with van der Waals surface area (Å²) in [7, 11) is 0. The second-order valence-corrected chi connectivity index (χ2v) is 6.97. The van der Waals surface area contributed by atoms with Crippen LogP contribution in [0.1, 0.15) is 35.5 Å². The Hall–Kier alpha value is -2.51. The number of nitrogens with one attached hydrogen (secondary N) is 1. The highest BCUT2D eigenvalue weighted by molar-refractivity contribution is 6.30. The smallest absolute Gasteiger partial charge is 0.274 e. The predicted octanol–water partition coefficient (Wildman–Crippen LogP) is 3.29. The van der Waals surface area contributed by atoms with Crippen molar-refractivity contribution in [2.24, 2.45) is 10.7 Å². The number of hydrogen-bond acceptors (Lipinski definition) is 5. The van der Waals surface area contributed by atoms with Gasteiger partial charge in [0.2, 0.25) is 0 Å². The molecule has 2 heterocycles. The Bertz CT molecular complexity index is 919. The topological polar surface area (TPSA) is 89.6 Å². The second kappa shape index (κ2) is 7.62. The van der Waals surface area contributed by atoms with Crippen molar-refractivity contribution in [3.63, 3.8) is 0 Å². The van der Waals surface area contributed by atoms with Crippen LogP contribution in [-0.2, 0) is 16.7 Å². The number of rotatable bonds is 4. The molecule has 0 fully saturated rings. The van der Waals surface area contributed by atoms with Gasteiger partial charge in [-0.3, -0.25) is 9.79 Å². The standard InChI is InChI=1S/C19H20ClFN4O2/c1-3-11-6-12(20)8-23-17(11)18(26)24-13-4-5-15(21)14(7-13)19(2)10-27-9-16(22)25-19/h4-8H,3,9-10H2,1-2H3,(H2,22,25)(H,24,26)/t19-/m0/s1. The first-order valence-corrected chi connectivity index (χ1v) is 8.88. The van der Waals surface area contributed by atoms with E-state index in [1.807, 2.05) is 6.92 Å². The lowest BCUT2D eigenvalue weighted by Crippen LogP contribution is -2.38. The molecular weight excluding hydrogens is 371 g/mol. The Labute approximate surface area is 161 Å². The number of carbonyl (C=O) groups excluding carboxylic acids is 1. The molecule has 3 N–H and O–H groups in total. The monoisotopic (exact) mass is 390 g/mol. The number of amides is 1. The first-order valence-electron chi connectivity index (χ1n) is 8.50. The Morgan fingerprint density at radius 2 is 2.22 bits per heavy atom. The van der Waals surface area contributed by atoms with Crippen LogP contribution in [0.15, 0.2) is 35.5 Å². The molecule has 1 aromatic carbocycles. The quantitative estimate of drug-likeness (QED) is 0.838. The lowest BCUT2D eigenvalue weighted by atomic mass is 9.91. The highest BCUT2D eigenvalue weighted by Crippen LogP contribution is 2.32. The van der Waals surface area contributed by atoms with Gasteiger partial charge in [-0.15, -0.1) is 0 Å². The SMILES string of the molecule is CCc1cc(Cl)cnc1C(=O)Nc1ccc(F)c([C@]2(C)COCC(N)=N2)c1. The number of aromatic nitrogens is 1. The fourth-order valence-electron chi connectivity index (χ4n) is 3.04. The molecule has 1 aromatic heterocycles. The van der Waals surface area contributed by atoms with E-state index in [1.54, 1.807) is 19.1 Å². The van der Waals surface area contributed by atoms with Crippen molar-refractivity contribution in [3.8, 4) is 0 Å². The number of anilines is 1. The third-order valence-electron chi connectivity index (χ3n) is 4.36. The van der Waals surface area contributed by atoms with Gasteiger partial charge in [0, 0.05) is 17.4 Å². The van der Waals surface area contributed by atoms with Crippen molar-refractivity contribution in [2.75, 3.05) is 18.5 Å². The van der Waals surface area contributed by atoms with Crippen molar-refractivity contribution >= 4 is 29.0 Å². The zero-order valence-electron chi connectivity index (χ0n) is 15.1. The van der Waals surface area contributed by atoms with Crippen LogP contribution in [0.2, 0.25) is 5.02 Å². The minimum absolute atomic E-state index is 0.195. The zero-order valence-corrected chi connectivity index (χ0v) is 15.8. The summed E-state index contributed by atoms with van der Waals surface area (Å²) in [6.45, 7) is 4.06. The molecule has 0 aliphatic carbocycles. The van der Waals surface area contributed by atoms with Crippen molar-refractivity contribution in [2.45, 2.75) is 25.8 Å². The van der Waals surface area contributed by atoms with Crippen LogP contribution in [0.3, 0.4) is 0 Å². The van der Waals surface area contributed by atoms with Gasteiger partial charge in [0.05, 0.1) is 11.6 Å². The Morgan fingerprint density at radius 1 is 1.44 bits per heavy atom. The number of aryl methyl sites for hydroxylation is 1. The maximum absolute atomic E-state index is 14.4. The number of pyridine rings is 1. The van der Waals surface area contributed by atoms with Crippen LogP contribution in [0.25, 0.3) is 0 Å². The maximum atomic E-state index is 14.4. The highest BCUT2D eigenvalue weighted by Gasteiger charge is 2.33. The number of halogens is 2.